The van der Waals surface area contributed by atoms with E-state index in [0.717, 1.165) is 0 Å². The maximum atomic E-state index is 10.6. The molecule has 6 heteroatoms. The van der Waals surface area contributed by atoms with Gasteiger partial charge in [0, 0.05) is 12.6 Å². The number of aliphatic carboxylic acids is 2. The van der Waals surface area contributed by atoms with Crippen molar-refractivity contribution < 1.29 is 24.5 Å². The standard InChI is InChI=1S/C10H17NO5/c1-7-4-8(2-3-16-7)11(5-9(12)13)6-10(14)15/h7-8H,2-6H2,1H3,(H,12,13)(H,14,15). The zero-order valence-corrected chi connectivity index (χ0v) is 9.26. The van der Waals surface area contributed by atoms with E-state index in [2.05, 4.69) is 0 Å². The van der Waals surface area contributed by atoms with Crippen LogP contribution in [0.3, 0.4) is 0 Å². The minimum atomic E-state index is -1.000. The first-order chi connectivity index (χ1) is 7.49. The molecule has 0 saturated carbocycles. The second-order valence-corrected chi connectivity index (χ2v) is 4.05. The highest BCUT2D eigenvalue weighted by atomic mass is 16.5. The number of carboxylic acids is 2. The van der Waals surface area contributed by atoms with Gasteiger partial charge in [-0.1, -0.05) is 0 Å². The van der Waals surface area contributed by atoms with Crippen molar-refractivity contribution >= 4 is 11.9 Å². The van der Waals surface area contributed by atoms with E-state index in [-0.39, 0.29) is 25.2 Å². The van der Waals surface area contributed by atoms with Gasteiger partial charge in [-0.2, -0.15) is 0 Å². The fourth-order valence-electron chi connectivity index (χ4n) is 1.97. The van der Waals surface area contributed by atoms with Gasteiger partial charge in [0.15, 0.2) is 0 Å². The summed E-state index contributed by atoms with van der Waals surface area (Å²) in [5, 5.41) is 17.5. The van der Waals surface area contributed by atoms with Crippen LogP contribution in [0.1, 0.15) is 19.8 Å². The molecule has 16 heavy (non-hydrogen) atoms. The molecular formula is C10H17NO5. The Labute approximate surface area is 93.8 Å². The van der Waals surface area contributed by atoms with Crippen molar-refractivity contribution in [3.05, 3.63) is 0 Å². The monoisotopic (exact) mass is 231 g/mol. The van der Waals surface area contributed by atoms with Crippen molar-refractivity contribution in [3.63, 3.8) is 0 Å². The fraction of sp³-hybridized carbons (Fsp3) is 0.800. The van der Waals surface area contributed by atoms with Crippen molar-refractivity contribution in [1.29, 1.82) is 0 Å². The summed E-state index contributed by atoms with van der Waals surface area (Å²) in [5.74, 6) is -2.00. The second kappa shape index (κ2) is 5.81. The smallest absolute Gasteiger partial charge is 0.317 e. The summed E-state index contributed by atoms with van der Waals surface area (Å²) < 4.78 is 5.35. The normalized spacial score (nSPS) is 25.6. The molecule has 0 bridgehead atoms. The van der Waals surface area contributed by atoms with E-state index in [1.54, 1.807) is 0 Å². The fourth-order valence-corrected chi connectivity index (χ4v) is 1.97. The van der Waals surface area contributed by atoms with Crippen LogP contribution in [0.5, 0.6) is 0 Å². The minimum Gasteiger partial charge on any atom is -0.480 e. The molecule has 1 aliphatic heterocycles. The lowest BCUT2D eigenvalue weighted by Crippen LogP contribution is -2.46. The van der Waals surface area contributed by atoms with E-state index in [0.29, 0.717) is 19.4 Å². The highest BCUT2D eigenvalue weighted by molar-refractivity contribution is 5.72. The first kappa shape index (κ1) is 12.9. The molecule has 0 spiro atoms. The Hall–Kier alpha value is -1.14. The third-order valence-corrected chi connectivity index (χ3v) is 2.65. The van der Waals surface area contributed by atoms with E-state index in [9.17, 15) is 9.59 Å². The Bertz CT molecular complexity index is 252. The molecule has 1 aliphatic rings. The number of ether oxygens (including phenoxy) is 1. The number of carboxylic acid groups (broad SMARTS) is 2. The molecule has 2 unspecified atom stereocenters. The number of rotatable bonds is 5. The number of carbonyl (C=O) groups is 2. The van der Waals surface area contributed by atoms with Gasteiger partial charge >= 0.3 is 11.9 Å². The lowest BCUT2D eigenvalue weighted by Gasteiger charge is -2.34. The van der Waals surface area contributed by atoms with Crippen LogP contribution in [0.2, 0.25) is 0 Å². The van der Waals surface area contributed by atoms with Crippen LogP contribution >= 0.6 is 0 Å². The van der Waals surface area contributed by atoms with Gasteiger partial charge in [-0.3, -0.25) is 14.5 Å². The molecule has 0 aromatic carbocycles. The molecule has 1 heterocycles. The summed E-state index contributed by atoms with van der Waals surface area (Å²) in [6.07, 6.45) is 1.43. The van der Waals surface area contributed by atoms with Crippen molar-refractivity contribution in [1.82, 2.24) is 4.90 Å². The maximum Gasteiger partial charge on any atom is 0.317 e. The molecule has 0 amide bonds. The Morgan fingerprint density at radius 2 is 1.88 bits per heavy atom. The van der Waals surface area contributed by atoms with Gasteiger partial charge in [-0.25, -0.2) is 0 Å². The average Bonchev–Trinajstić information content (AvgIpc) is 2.15. The van der Waals surface area contributed by atoms with E-state index in [1.807, 2.05) is 6.92 Å². The van der Waals surface area contributed by atoms with Crippen molar-refractivity contribution in [2.24, 2.45) is 0 Å². The summed E-state index contributed by atoms with van der Waals surface area (Å²) in [6, 6.07) is -0.0176. The van der Waals surface area contributed by atoms with Crippen molar-refractivity contribution in [3.8, 4) is 0 Å². The molecular weight excluding hydrogens is 214 g/mol. The number of hydrogen-bond donors (Lipinski definition) is 2. The second-order valence-electron chi connectivity index (χ2n) is 4.05. The predicted molar refractivity (Wildman–Crippen MR) is 55.3 cm³/mol. The van der Waals surface area contributed by atoms with Gasteiger partial charge in [0.2, 0.25) is 0 Å². The quantitative estimate of drug-likeness (QED) is 0.694. The van der Waals surface area contributed by atoms with Crippen LogP contribution in [0, 0.1) is 0 Å². The Morgan fingerprint density at radius 1 is 1.31 bits per heavy atom. The summed E-state index contributed by atoms with van der Waals surface area (Å²) in [4.78, 5) is 22.8. The van der Waals surface area contributed by atoms with Gasteiger partial charge in [0.1, 0.15) is 0 Å². The Balaban J connectivity index is 2.58. The molecule has 6 nitrogen and oxygen atoms in total. The van der Waals surface area contributed by atoms with Crippen LogP contribution in [0.25, 0.3) is 0 Å². The lowest BCUT2D eigenvalue weighted by molar-refractivity contribution is -0.144. The van der Waals surface area contributed by atoms with Crippen LogP contribution in [0.4, 0.5) is 0 Å². The molecule has 0 aliphatic carbocycles. The van der Waals surface area contributed by atoms with E-state index in [4.69, 9.17) is 14.9 Å². The van der Waals surface area contributed by atoms with E-state index < -0.39 is 11.9 Å². The molecule has 2 atom stereocenters. The maximum absolute atomic E-state index is 10.6. The molecule has 1 fully saturated rings. The molecule has 0 aromatic heterocycles. The molecule has 0 aromatic rings. The first-order valence-corrected chi connectivity index (χ1v) is 5.28. The van der Waals surface area contributed by atoms with Gasteiger partial charge in [-0.05, 0) is 19.8 Å². The SMILES string of the molecule is CC1CC(N(CC(=O)O)CC(=O)O)CCO1. The molecule has 1 saturated heterocycles. The topological polar surface area (TPSA) is 87.1 Å². The third-order valence-electron chi connectivity index (χ3n) is 2.65. The zero-order valence-electron chi connectivity index (χ0n) is 9.26. The average molecular weight is 231 g/mol. The molecule has 2 N–H and O–H groups in total. The van der Waals surface area contributed by atoms with Crippen LogP contribution in [-0.4, -0.2) is 58.9 Å². The summed E-state index contributed by atoms with van der Waals surface area (Å²) in [7, 11) is 0. The molecule has 92 valence electrons. The van der Waals surface area contributed by atoms with E-state index in [1.165, 1.54) is 4.90 Å². The highest BCUT2D eigenvalue weighted by Crippen LogP contribution is 2.18. The van der Waals surface area contributed by atoms with Gasteiger partial charge in [0.05, 0.1) is 19.2 Å². The van der Waals surface area contributed by atoms with Crippen LogP contribution in [0.15, 0.2) is 0 Å². The lowest BCUT2D eigenvalue weighted by atomic mass is 10.0. The van der Waals surface area contributed by atoms with E-state index >= 15 is 0 Å². The number of nitrogens with zero attached hydrogens (tertiary/aromatic N) is 1. The summed E-state index contributed by atoms with van der Waals surface area (Å²) in [6.45, 7) is 2.00. The predicted octanol–water partition coefficient (Wildman–Crippen LogP) is 0.0251. The third kappa shape index (κ3) is 4.16. The molecule has 1 rings (SSSR count). The summed E-state index contributed by atoms with van der Waals surface area (Å²) in [5.41, 5.74) is 0. The first-order valence-electron chi connectivity index (χ1n) is 5.28. The van der Waals surface area contributed by atoms with Crippen LogP contribution in [-0.2, 0) is 14.3 Å². The largest absolute Gasteiger partial charge is 0.480 e. The van der Waals surface area contributed by atoms with Crippen molar-refractivity contribution in [2.75, 3.05) is 19.7 Å². The zero-order chi connectivity index (χ0) is 12.1. The highest BCUT2D eigenvalue weighted by Gasteiger charge is 2.27. The van der Waals surface area contributed by atoms with Crippen LogP contribution < -0.4 is 0 Å². The summed E-state index contributed by atoms with van der Waals surface area (Å²) >= 11 is 0. The minimum absolute atomic E-state index is 0.0176. The molecule has 0 radical (unpaired) electrons. The van der Waals surface area contributed by atoms with Crippen molar-refractivity contribution in [2.45, 2.75) is 31.9 Å². The Kier molecular flexibility index (Phi) is 4.70. The van der Waals surface area contributed by atoms with Gasteiger partial charge in [0.25, 0.3) is 0 Å². The number of hydrogen-bond acceptors (Lipinski definition) is 4. The van der Waals surface area contributed by atoms with Gasteiger partial charge < -0.3 is 14.9 Å². The Morgan fingerprint density at radius 3 is 2.31 bits per heavy atom. The van der Waals surface area contributed by atoms with Gasteiger partial charge in [-0.15, -0.1) is 0 Å².